The molecule has 0 aliphatic heterocycles. The number of hydrogen-bond donors (Lipinski definition) is 2. The maximum Gasteiger partial charge on any atom is 0.224 e. The van der Waals surface area contributed by atoms with E-state index in [2.05, 4.69) is 22.3 Å². The molecule has 0 spiro atoms. The van der Waals surface area contributed by atoms with Gasteiger partial charge in [0.15, 0.2) is 0 Å². The van der Waals surface area contributed by atoms with E-state index in [-0.39, 0.29) is 0 Å². The van der Waals surface area contributed by atoms with E-state index < -0.39 is 0 Å². The van der Waals surface area contributed by atoms with Crippen molar-refractivity contribution in [2.24, 2.45) is 5.84 Å². The Hall–Kier alpha value is -1.85. The van der Waals surface area contributed by atoms with Gasteiger partial charge >= 0.3 is 0 Å². The van der Waals surface area contributed by atoms with Crippen LogP contribution in [0.4, 0.5) is 5.82 Å². The van der Waals surface area contributed by atoms with Crippen LogP contribution in [0.2, 0.25) is 5.02 Å². The lowest BCUT2D eigenvalue weighted by Crippen LogP contribution is -2.11. The molecular weight excluding hydrogens is 276 g/mol. The molecule has 20 heavy (non-hydrogen) atoms. The van der Waals surface area contributed by atoms with Crippen LogP contribution in [0.25, 0.3) is 0 Å². The summed E-state index contributed by atoms with van der Waals surface area (Å²) < 4.78 is 5.79. The number of nitrogens with zero attached hydrogens (tertiary/aromatic N) is 2. The van der Waals surface area contributed by atoms with Crippen molar-refractivity contribution in [2.75, 3.05) is 5.43 Å². The second-order valence-electron chi connectivity index (χ2n) is 4.41. The summed E-state index contributed by atoms with van der Waals surface area (Å²) in [5.41, 5.74) is 3.50. The van der Waals surface area contributed by atoms with Gasteiger partial charge in [-0.1, -0.05) is 24.6 Å². The molecule has 6 heteroatoms. The Balaban J connectivity index is 2.32. The second kappa shape index (κ2) is 6.54. The van der Waals surface area contributed by atoms with Crippen molar-refractivity contribution < 1.29 is 4.74 Å². The third-order valence-corrected chi connectivity index (χ3v) is 2.97. The molecule has 3 N–H and O–H groups in total. The van der Waals surface area contributed by atoms with E-state index in [1.165, 1.54) is 0 Å². The largest absolute Gasteiger partial charge is 0.439 e. The zero-order valence-corrected chi connectivity index (χ0v) is 12.2. The van der Waals surface area contributed by atoms with E-state index >= 15 is 0 Å². The van der Waals surface area contributed by atoms with Crippen molar-refractivity contribution in [2.45, 2.75) is 26.7 Å². The van der Waals surface area contributed by atoms with Gasteiger partial charge < -0.3 is 10.2 Å². The summed E-state index contributed by atoms with van der Waals surface area (Å²) >= 11 is 5.98. The van der Waals surface area contributed by atoms with Gasteiger partial charge in [-0.15, -0.1) is 0 Å². The third-order valence-electron chi connectivity index (χ3n) is 2.74. The molecule has 0 atom stereocenters. The molecule has 2 aromatic rings. The number of halogens is 1. The molecule has 1 aromatic heterocycles. The average Bonchev–Trinajstić information content (AvgIpc) is 2.43. The van der Waals surface area contributed by atoms with E-state index in [1.54, 1.807) is 12.1 Å². The molecule has 2 rings (SSSR count). The van der Waals surface area contributed by atoms with Gasteiger partial charge in [0.2, 0.25) is 5.88 Å². The summed E-state index contributed by atoms with van der Waals surface area (Å²) in [6.45, 7) is 4.01. The van der Waals surface area contributed by atoms with Crippen molar-refractivity contribution in [3.63, 3.8) is 0 Å². The molecule has 0 aliphatic rings. The number of aryl methyl sites for hydroxylation is 2. The Bertz CT molecular complexity index is 604. The maximum absolute atomic E-state index is 5.98. The van der Waals surface area contributed by atoms with Crippen LogP contribution in [0.15, 0.2) is 24.3 Å². The van der Waals surface area contributed by atoms with E-state index in [1.807, 2.05) is 19.1 Å². The van der Waals surface area contributed by atoms with Crippen LogP contribution in [0.3, 0.4) is 0 Å². The van der Waals surface area contributed by atoms with Crippen LogP contribution in [0.1, 0.15) is 24.7 Å². The minimum Gasteiger partial charge on any atom is -0.439 e. The predicted octanol–water partition coefficient (Wildman–Crippen LogP) is 3.47. The first kappa shape index (κ1) is 14.6. The van der Waals surface area contributed by atoms with Gasteiger partial charge in [-0.05, 0) is 31.0 Å². The summed E-state index contributed by atoms with van der Waals surface area (Å²) in [7, 11) is 0. The van der Waals surface area contributed by atoms with Crippen molar-refractivity contribution in [3.05, 3.63) is 40.7 Å². The first-order chi connectivity index (χ1) is 9.62. The van der Waals surface area contributed by atoms with E-state index in [0.29, 0.717) is 28.3 Å². The standard InChI is InChI=1S/C14H17ClN4O/c1-3-4-12-17-13(19-16)8-14(18-12)20-11-7-10(15)6-5-9(11)2/h5-8H,3-4,16H2,1-2H3,(H,17,18,19). The highest BCUT2D eigenvalue weighted by Crippen LogP contribution is 2.27. The zero-order valence-electron chi connectivity index (χ0n) is 11.5. The molecular formula is C14H17ClN4O. The van der Waals surface area contributed by atoms with Gasteiger partial charge in [0.25, 0.3) is 0 Å². The van der Waals surface area contributed by atoms with Crippen LogP contribution in [0, 0.1) is 6.92 Å². The summed E-state index contributed by atoms with van der Waals surface area (Å²) in [4.78, 5) is 8.64. The summed E-state index contributed by atoms with van der Waals surface area (Å²) in [5, 5.41) is 0.616. The molecule has 106 valence electrons. The lowest BCUT2D eigenvalue weighted by atomic mass is 10.2. The molecule has 5 nitrogen and oxygen atoms in total. The number of rotatable bonds is 5. The lowest BCUT2D eigenvalue weighted by molar-refractivity contribution is 0.455. The number of nitrogen functional groups attached to an aromatic ring is 1. The normalized spacial score (nSPS) is 10.4. The highest BCUT2D eigenvalue weighted by atomic mass is 35.5. The number of hydrazine groups is 1. The Morgan fingerprint density at radius 2 is 2.10 bits per heavy atom. The van der Waals surface area contributed by atoms with Crippen LogP contribution >= 0.6 is 11.6 Å². The number of nitrogens with two attached hydrogens (primary N) is 1. The van der Waals surface area contributed by atoms with E-state index in [0.717, 1.165) is 18.4 Å². The van der Waals surface area contributed by atoms with Gasteiger partial charge in [-0.2, -0.15) is 4.98 Å². The van der Waals surface area contributed by atoms with Crippen molar-refractivity contribution >= 4 is 17.4 Å². The molecule has 0 fully saturated rings. The number of anilines is 1. The molecule has 0 saturated carbocycles. The quantitative estimate of drug-likeness (QED) is 0.652. The van der Waals surface area contributed by atoms with Crippen molar-refractivity contribution in [3.8, 4) is 11.6 Å². The number of aromatic nitrogens is 2. The zero-order chi connectivity index (χ0) is 14.5. The Morgan fingerprint density at radius 3 is 2.80 bits per heavy atom. The number of benzene rings is 1. The van der Waals surface area contributed by atoms with Crippen LogP contribution < -0.4 is 16.0 Å². The number of hydrogen-bond acceptors (Lipinski definition) is 5. The maximum atomic E-state index is 5.98. The molecule has 0 radical (unpaired) electrons. The Kier molecular flexibility index (Phi) is 4.76. The smallest absolute Gasteiger partial charge is 0.224 e. The molecule has 1 heterocycles. The Labute approximate surface area is 123 Å². The summed E-state index contributed by atoms with van der Waals surface area (Å²) in [6.07, 6.45) is 1.71. The molecule has 0 aliphatic carbocycles. The van der Waals surface area contributed by atoms with Gasteiger partial charge in [0.1, 0.15) is 17.4 Å². The van der Waals surface area contributed by atoms with Gasteiger partial charge in [-0.25, -0.2) is 10.8 Å². The topological polar surface area (TPSA) is 73.1 Å². The number of ether oxygens (including phenoxy) is 1. The van der Waals surface area contributed by atoms with Crippen molar-refractivity contribution in [1.29, 1.82) is 0 Å². The number of nitrogens with one attached hydrogen (secondary N) is 1. The minimum atomic E-state index is 0.446. The Morgan fingerprint density at radius 1 is 1.30 bits per heavy atom. The predicted molar refractivity (Wildman–Crippen MR) is 80.1 cm³/mol. The fourth-order valence-corrected chi connectivity index (χ4v) is 1.89. The minimum absolute atomic E-state index is 0.446. The monoisotopic (exact) mass is 292 g/mol. The molecule has 0 bridgehead atoms. The molecule has 1 aromatic carbocycles. The van der Waals surface area contributed by atoms with E-state index in [4.69, 9.17) is 22.2 Å². The van der Waals surface area contributed by atoms with Crippen LogP contribution in [-0.4, -0.2) is 9.97 Å². The van der Waals surface area contributed by atoms with Crippen molar-refractivity contribution in [1.82, 2.24) is 9.97 Å². The van der Waals surface area contributed by atoms with Crippen LogP contribution in [-0.2, 0) is 6.42 Å². The van der Waals surface area contributed by atoms with Gasteiger partial charge in [0.05, 0.1) is 0 Å². The van der Waals surface area contributed by atoms with Gasteiger partial charge in [0, 0.05) is 17.5 Å². The molecule has 0 saturated heterocycles. The SMILES string of the molecule is CCCc1nc(NN)cc(Oc2cc(Cl)ccc2C)n1. The lowest BCUT2D eigenvalue weighted by Gasteiger charge is -2.10. The first-order valence-corrected chi connectivity index (χ1v) is 6.78. The second-order valence-corrected chi connectivity index (χ2v) is 4.85. The fraction of sp³-hybridized carbons (Fsp3) is 0.286. The van der Waals surface area contributed by atoms with Gasteiger partial charge in [-0.3, -0.25) is 0 Å². The third kappa shape index (κ3) is 3.59. The summed E-state index contributed by atoms with van der Waals surface area (Å²) in [5.74, 6) is 7.75. The fourth-order valence-electron chi connectivity index (χ4n) is 1.73. The highest BCUT2D eigenvalue weighted by molar-refractivity contribution is 6.30. The first-order valence-electron chi connectivity index (χ1n) is 6.41. The van der Waals surface area contributed by atoms with E-state index in [9.17, 15) is 0 Å². The highest BCUT2D eigenvalue weighted by Gasteiger charge is 2.08. The molecule has 0 amide bonds. The molecule has 0 unspecified atom stereocenters. The summed E-state index contributed by atoms with van der Waals surface area (Å²) in [6, 6.07) is 7.13. The average molecular weight is 293 g/mol. The van der Waals surface area contributed by atoms with Crippen LogP contribution in [0.5, 0.6) is 11.6 Å².